The molecule has 0 radical (unpaired) electrons. The van der Waals surface area contributed by atoms with Crippen LogP contribution in [0.3, 0.4) is 0 Å². The van der Waals surface area contributed by atoms with Crippen LogP contribution in [0.1, 0.15) is 41.6 Å². The number of likely N-dealkylation sites (tertiary alicyclic amines) is 1. The van der Waals surface area contributed by atoms with E-state index in [1.807, 2.05) is 11.8 Å². The van der Waals surface area contributed by atoms with E-state index >= 15 is 0 Å². The highest BCUT2D eigenvalue weighted by Gasteiger charge is 2.59. The molecule has 2 heterocycles. The number of rotatable bonds is 5. The second kappa shape index (κ2) is 10.6. The third-order valence-corrected chi connectivity index (χ3v) is 10.8. The Morgan fingerprint density at radius 1 is 1.12 bits per heavy atom. The molecule has 2 aliphatic heterocycles. The number of ketones is 2. The first-order valence-electron chi connectivity index (χ1n) is 14.5. The molecule has 3 atom stereocenters. The first-order valence-corrected chi connectivity index (χ1v) is 15.7. The molecule has 2 saturated heterocycles. The summed E-state index contributed by atoms with van der Waals surface area (Å²) in [5, 5.41) is 47.3. The summed E-state index contributed by atoms with van der Waals surface area (Å²) < 4.78 is 0. The molecule has 5 aliphatic rings. The number of thioether (sulfide) groups is 1. The summed E-state index contributed by atoms with van der Waals surface area (Å²) in [6.45, 7) is 1.25. The molecular formula is C30H36N4O8S. The Morgan fingerprint density at radius 2 is 1.79 bits per heavy atom. The van der Waals surface area contributed by atoms with Crippen LogP contribution in [-0.2, 0) is 20.8 Å². The van der Waals surface area contributed by atoms with Gasteiger partial charge in [-0.15, -0.1) is 0 Å². The van der Waals surface area contributed by atoms with Crippen LogP contribution in [0.4, 0.5) is 11.4 Å². The maximum Gasteiger partial charge on any atom is 0.255 e. The summed E-state index contributed by atoms with van der Waals surface area (Å²) in [5.74, 6) is -5.17. The SMILES string of the molecule is CN(C)c1cc(NC(=O)C2CN(C3CCSCC3)C2)c(O)c2c1C[C@H]1CC3CC(O)=C(C(N)=O)C(=O)[C@@]3(O)C(O)=C1C2=O. The molecule has 3 aliphatic carbocycles. The smallest absolute Gasteiger partial charge is 0.255 e. The number of anilines is 2. The summed E-state index contributed by atoms with van der Waals surface area (Å²) in [5.41, 5.74) is 2.60. The lowest BCUT2D eigenvalue weighted by Gasteiger charge is -2.46. The molecule has 1 unspecified atom stereocenters. The Labute approximate surface area is 252 Å². The zero-order chi connectivity index (χ0) is 31.0. The monoisotopic (exact) mass is 612 g/mol. The Bertz CT molecular complexity index is 1510. The van der Waals surface area contributed by atoms with Crippen molar-refractivity contribution in [3.05, 3.63) is 39.9 Å². The number of fused-ring (bicyclic) bond motifs is 3. The van der Waals surface area contributed by atoms with Crippen LogP contribution in [0.5, 0.6) is 5.75 Å². The minimum Gasteiger partial charge on any atom is -0.511 e. The number of carbonyl (C=O) groups excluding carboxylic acids is 4. The fourth-order valence-corrected chi connectivity index (χ4v) is 8.51. The lowest BCUT2D eigenvalue weighted by Crippen LogP contribution is -2.57. The molecule has 1 aromatic carbocycles. The number of carbonyl (C=O) groups is 4. The third-order valence-electron chi connectivity index (χ3n) is 9.77. The Hall–Kier alpha value is -3.55. The molecule has 0 aromatic heterocycles. The molecule has 7 N–H and O–H groups in total. The van der Waals surface area contributed by atoms with Gasteiger partial charge in [-0.3, -0.25) is 24.1 Å². The number of nitrogens with zero attached hydrogens (tertiary/aromatic N) is 2. The Balaban J connectivity index is 1.33. The number of nitrogens with two attached hydrogens (primary N) is 1. The quantitative estimate of drug-likeness (QED) is 0.208. The number of aromatic hydroxyl groups is 1. The maximum atomic E-state index is 14.0. The number of hydrogen-bond acceptors (Lipinski definition) is 11. The predicted octanol–water partition coefficient (Wildman–Crippen LogP) is 1.41. The van der Waals surface area contributed by atoms with E-state index in [0.717, 1.165) is 24.3 Å². The van der Waals surface area contributed by atoms with Gasteiger partial charge in [0.05, 0.1) is 17.2 Å². The molecular weight excluding hydrogens is 576 g/mol. The fraction of sp³-hybridized carbons (Fsp3) is 0.533. The van der Waals surface area contributed by atoms with Gasteiger partial charge in [0.25, 0.3) is 5.91 Å². The van der Waals surface area contributed by atoms with Crippen LogP contribution in [0, 0.1) is 17.8 Å². The van der Waals surface area contributed by atoms with Gasteiger partial charge in [-0.2, -0.15) is 11.8 Å². The number of benzene rings is 1. The first kappa shape index (κ1) is 29.5. The van der Waals surface area contributed by atoms with Crippen LogP contribution in [0.15, 0.2) is 28.7 Å². The van der Waals surface area contributed by atoms with Crippen LogP contribution >= 0.6 is 11.8 Å². The van der Waals surface area contributed by atoms with Crippen LogP contribution < -0.4 is 16.0 Å². The van der Waals surface area contributed by atoms with Crippen molar-refractivity contribution >= 4 is 46.5 Å². The zero-order valence-corrected chi connectivity index (χ0v) is 24.9. The van der Waals surface area contributed by atoms with Gasteiger partial charge in [-0.25, -0.2) is 0 Å². The van der Waals surface area contributed by atoms with Crippen molar-refractivity contribution in [3.8, 4) is 5.75 Å². The number of nitrogens with one attached hydrogen (secondary N) is 1. The van der Waals surface area contributed by atoms with E-state index in [1.165, 1.54) is 0 Å². The van der Waals surface area contributed by atoms with E-state index in [2.05, 4.69) is 10.2 Å². The number of hydrogen-bond donors (Lipinski definition) is 6. The summed E-state index contributed by atoms with van der Waals surface area (Å²) in [7, 11) is 3.54. The molecule has 0 bridgehead atoms. The highest BCUT2D eigenvalue weighted by molar-refractivity contribution is 7.99. The number of aliphatic hydroxyl groups excluding tert-OH is 2. The van der Waals surface area contributed by atoms with Gasteiger partial charge in [0, 0.05) is 56.8 Å². The van der Waals surface area contributed by atoms with Crippen molar-refractivity contribution in [3.63, 3.8) is 0 Å². The topological polar surface area (TPSA) is 194 Å². The lowest BCUT2D eigenvalue weighted by molar-refractivity contribution is -0.144. The number of Topliss-reactive ketones (excluding diaryl/α,β-unsaturated/α-hetero) is 2. The fourth-order valence-electron chi connectivity index (χ4n) is 7.42. The van der Waals surface area contributed by atoms with Crippen molar-refractivity contribution in [2.75, 3.05) is 48.9 Å². The van der Waals surface area contributed by atoms with Gasteiger partial charge in [0.15, 0.2) is 17.1 Å². The van der Waals surface area contributed by atoms with E-state index in [4.69, 9.17) is 5.73 Å². The van der Waals surface area contributed by atoms with E-state index < -0.39 is 57.8 Å². The molecule has 1 aromatic rings. The van der Waals surface area contributed by atoms with E-state index in [0.29, 0.717) is 30.4 Å². The van der Waals surface area contributed by atoms with Gasteiger partial charge in [0.1, 0.15) is 17.1 Å². The molecule has 0 spiro atoms. The summed E-state index contributed by atoms with van der Waals surface area (Å²) >= 11 is 1.94. The maximum absolute atomic E-state index is 14.0. The van der Waals surface area contributed by atoms with Gasteiger partial charge in [-0.05, 0) is 54.7 Å². The molecule has 6 rings (SSSR count). The van der Waals surface area contributed by atoms with Crippen molar-refractivity contribution in [1.82, 2.24) is 4.90 Å². The molecule has 12 nitrogen and oxygen atoms in total. The minimum atomic E-state index is -2.63. The minimum absolute atomic E-state index is 0.0485. The normalized spacial score (nSPS) is 28.2. The van der Waals surface area contributed by atoms with E-state index in [9.17, 15) is 39.6 Å². The van der Waals surface area contributed by atoms with E-state index in [1.54, 1.807) is 25.1 Å². The molecule has 230 valence electrons. The number of amides is 2. The number of allylic oxidation sites excluding steroid dienone is 2. The lowest BCUT2D eigenvalue weighted by atomic mass is 9.60. The zero-order valence-electron chi connectivity index (χ0n) is 24.1. The number of primary amides is 1. The summed E-state index contributed by atoms with van der Waals surface area (Å²) in [6, 6.07) is 2.11. The van der Waals surface area contributed by atoms with Crippen LogP contribution in [0.25, 0.3) is 0 Å². The second-order valence-corrected chi connectivity index (χ2v) is 13.7. The van der Waals surface area contributed by atoms with Gasteiger partial charge < -0.3 is 36.4 Å². The second-order valence-electron chi connectivity index (χ2n) is 12.4. The Kier molecular flexibility index (Phi) is 7.25. The molecule has 0 saturated carbocycles. The first-order chi connectivity index (χ1) is 20.3. The highest BCUT2D eigenvalue weighted by Crippen LogP contribution is 2.53. The van der Waals surface area contributed by atoms with Crippen molar-refractivity contribution in [2.24, 2.45) is 23.5 Å². The van der Waals surface area contributed by atoms with Gasteiger partial charge in [0.2, 0.25) is 11.7 Å². The van der Waals surface area contributed by atoms with E-state index in [-0.39, 0.29) is 47.9 Å². The number of phenolic OH excluding ortho intramolecular Hbond substituents is 1. The average molecular weight is 613 g/mol. The summed E-state index contributed by atoms with van der Waals surface area (Å²) in [6.07, 6.45) is 2.15. The van der Waals surface area contributed by atoms with Crippen LogP contribution in [-0.4, -0.2) is 99.0 Å². The number of aliphatic hydroxyl groups is 3. The predicted molar refractivity (Wildman–Crippen MR) is 159 cm³/mol. The Morgan fingerprint density at radius 3 is 2.42 bits per heavy atom. The molecule has 13 heteroatoms. The molecule has 2 fully saturated rings. The van der Waals surface area contributed by atoms with Crippen LogP contribution in [0.2, 0.25) is 0 Å². The van der Waals surface area contributed by atoms with Crippen molar-refractivity contribution in [2.45, 2.75) is 43.7 Å². The molecule has 2 amide bonds. The molecule has 43 heavy (non-hydrogen) atoms. The van der Waals surface area contributed by atoms with Gasteiger partial charge in [-0.1, -0.05) is 0 Å². The standard InChI is InChI=1S/C30H36N4O8S/c1-33(2)19-10-18(32-29(41)14-11-34(12-14)16-3-5-43-6-4-16)24(36)22-17(19)8-13-7-15-9-20(35)23(28(31)40)27(39)30(15,42)26(38)21(13)25(22)37/h10,13-16,35-36,38,42H,3-9,11-12H2,1-2H3,(H2,31,40)(H,32,41)/t13-,15?,30+/m1/s1. The van der Waals surface area contributed by atoms with Crippen molar-refractivity contribution < 1.29 is 39.6 Å². The largest absolute Gasteiger partial charge is 0.511 e. The summed E-state index contributed by atoms with van der Waals surface area (Å²) in [4.78, 5) is 56.4. The van der Waals surface area contributed by atoms with Gasteiger partial charge >= 0.3 is 0 Å². The number of phenols is 1. The average Bonchev–Trinajstić information content (AvgIpc) is 2.91. The van der Waals surface area contributed by atoms with Crippen molar-refractivity contribution in [1.29, 1.82) is 0 Å². The third kappa shape index (κ3) is 4.51. The highest BCUT2D eigenvalue weighted by atomic mass is 32.2.